The molecule has 0 fully saturated rings. The van der Waals surface area contributed by atoms with Gasteiger partial charge in [-0.1, -0.05) is 48.0 Å². The molecule has 2 heterocycles. The number of nitrogens with one attached hydrogen (secondary N) is 1. The molecule has 2 aromatic heterocycles. The standard InChI is InChI=1S/C24H20N2O2S/c1-16-10-12-17(13-11-16)19-15-18-7-5-6-14-26(18)22(19)23(27)24(28)25-20-8-3-4-9-21(20)29-2/h3-15H,1-2H3,(H,25,28). The number of hydrogen-bond acceptors (Lipinski definition) is 3. The molecule has 144 valence electrons. The van der Waals surface area contributed by atoms with E-state index in [-0.39, 0.29) is 0 Å². The fourth-order valence-electron chi connectivity index (χ4n) is 3.34. The van der Waals surface area contributed by atoms with Crippen molar-refractivity contribution >= 4 is 34.7 Å². The van der Waals surface area contributed by atoms with E-state index >= 15 is 0 Å². The van der Waals surface area contributed by atoms with E-state index in [9.17, 15) is 9.59 Å². The summed E-state index contributed by atoms with van der Waals surface area (Å²) in [7, 11) is 0. The maximum Gasteiger partial charge on any atom is 0.298 e. The van der Waals surface area contributed by atoms with Crippen molar-refractivity contribution in [2.75, 3.05) is 11.6 Å². The van der Waals surface area contributed by atoms with Gasteiger partial charge in [0, 0.05) is 22.2 Å². The SMILES string of the molecule is CSc1ccccc1NC(=O)C(=O)c1c(-c2ccc(C)cc2)cc2ccccn12. The van der Waals surface area contributed by atoms with Crippen molar-refractivity contribution in [2.24, 2.45) is 0 Å². The lowest BCUT2D eigenvalue weighted by Crippen LogP contribution is -2.25. The van der Waals surface area contributed by atoms with E-state index < -0.39 is 11.7 Å². The predicted octanol–water partition coefficient (Wildman–Crippen LogP) is 5.46. The van der Waals surface area contributed by atoms with Crippen LogP contribution in [-0.4, -0.2) is 22.3 Å². The van der Waals surface area contributed by atoms with Crippen molar-refractivity contribution in [1.29, 1.82) is 0 Å². The first-order valence-electron chi connectivity index (χ1n) is 9.24. The average Bonchev–Trinajstić information content (AvgIpc) is 3.13. The summed E-state index contributed by atoms with van der Waals surface area (Å²) in [4.78, 5) is 27.0. The Hall–Kier alpha value is -3.31. The molecular formula is C24H20N2O2S. The Morgan fingerprint density at radius 1 is 0.931 bits per heavy atom. The van der Waals surface area contributed by atoms with Gasteiger partial charge in [0.2, 0.25) is 0 Å². The molecule has 0 atom stereocenters. The van der Waals surface area contributed by atoms with E-state index in [2.05, 4.69) is 5.32 Å². The molecule has 4 aromatic rings. The molecule has 1 N–H and O–H groups in total. The predicted molar refractivity (Wildman–Crippen MR) is 119 cm³/mol. The van der Waals surface area contributed by atoms with Gasteiger partial charge >= 0.3 is 0 Å². The first kappa shape index (κ1) is 19.0. The summed E-state index contributed by atoms with van der Waals surface area (Å²) in [6.07, 6.45) is 3.74. The molecule has 0 spiro atoms. The zero-order valence-corrected chi connectivity index (χ0v) is 17.0. The number of aryl methyl sites for hydroxylation is 1. The molecule has 0 unspecified atom stereocenters. The summed E-state index contributed by atoms with van der Waals surface area (Å²) in [5, 5.41) is 2.78. The summed E-state index contributed by atoms with van der Waals surface area (Å²) in [6, 6.07) is 23.0. The number of pyridine rings is 1. The number of carbonyl (C=O) groups is 2. The molecule has 0 aliphatic rings. The van der Waals surface area contributed by atoms with Gasteiger partial charge in [0.1, 0.15) is 5.69 Å². The Bertz CT molecular complexity index is 1210. The van der Waals surface area contributed by atoms with E-state index in [0.29, 0.717) is 11.4 Å². The number of hydrogen-bond donors (Lipinski definition) is 1. The third kappa shape index (κ3) is 3.69. The lowest BCUT2D eigenvalue weighted by atomic mass is 10.0. The number of Topliss-reactive ketones (excluding diaryl/α,β-unsaturated/α-hetero) is 1. The van der Waals surface area contributed by atoms with E-state index in [1.54, 1.807) is 10.5 Å². The van der Waals surface area contributed by atoms with Gasteiger partial charge < -0.3 is 9.72 Å². The second kappa shape index (κ2) is 7.97. The molecule has 0 saturated heterocycles. The largest absolute Gasteiger partial charge is 0.318 e. The number of benzene rings is 2. The number of ketones is 1. The smallest absolute Gasteiger partial charge is 0.298 e. The number of anilines is 1. The Morgan fingerprint density at radius 2 is 1.66 bits per heavy atom. The highest BCUT2D eigenvalue weighted by Crippen LogP contribution is 2.30. The molecule has 29 heavy (non-hydrogen) atoms. The lowest BCUT2D eigenvalue weighted by Gasteiger charge is -2.10. The van der Waals surface area contributed by atoms with Crippen LogP contribution >= 0.6 is 11.8 Å². The first-order valence-corrected chi connectivity index (χ1v) is 10.5. The molecule has 2 aromatic carbocycles. The highest BCUT2D eigenvalue weighted by atomic mass is 32.2. The van der Waals surface area contributed by atoms with Crippen LogP contribution in [0.2, 0.25) is 0 Å². The van der Waals surface area contributed by atoms with Crippen LogP contribution in [0.5, 0.6) is 0 Å². The van der Waals surface area contributed by atoms with Gasteiger partial charge in [-0.05, 0) is 49.1 Å². The molecule has 4 rings (SSSR count). The third-order valence-corrected chi connectivity index (χ3v) is 5.61. The Morgan fingerprint density at radius 3 is 2.41 bits per heavy atom. The summed E-state index contributed by atoms with van der Waals surface area (Å²) >= 11 is 1.52. The highest BCUT2D eigenvalue weighted by Gasteiger charge is 2.25. The molecule has 0 aliphatic carbocycles. The van der Waals surface area contributed by atoms with Gasteiger partial charge in [-0.3, -0.25) is 9.59 Å². The van der Waals surface area contributed by atoms with Gasteiger partial charge in [0.25, 0.3) is 11.7 Å². The lowest BCUT2D eigenvalue weighted by molar-refractivity contribution is -0.112. The molecule has 0 radical (unpaired) electrons. The van der Waals surface area contributed by atoms with Crippen molar-refractivity contribution in [2.45, 2.75) is 11.8 Å². The number of rotatable bonds is 5. The minimum absolute atomic E-state index is 0.364. The summed E-state index contributed by atoms with van der Waals surface area (Å²) in [5.41, 5.74) is 4.65. The number of para-hydroxylation sites is 1. The minimum Gasteiger partial charge on any atom is -0.318 e. The van der Waals surface area contributed by atoms with E-state index in [1.807, 2.05) is 86.1 Å². The monoisotopic (exact) mass is 400 g/mol. The summed E-state index contributed by atoms with van der Waals surface area (Å²) in [5.74, 6) is -1.22. The van der Waals surface area contributed by atoms with Crippen molar-refractivity contribution in [3.05, 3.63) is 90.3 Å². The van der Waals surface area contributed by atoms with Crippen LogP contribution in [0.25, 0.3) is 16.6 Å². The third-order valence-electron chi connectivity index (χ3n) is 4.82. The van der Waals surface area contributed by atoms with Crippen LogP contribution in [-0.2, 0) is 4.79 Å². The molecular weight excluding hydrogens is 380 g/mol. The van der Waals surface area contributed by atoms with Crippen molar-refractivity contribution < 1.29 is 9.59 Å². The summed E-state index contributed by atoms with van der Waals surface area (Å²) < 4.78 is 1.78. The zero-order chi connectivity index (χ0) is 20.4. The van der Waals surface area contributed by atoms with Crippen LogP contribution in [0.15, 0.2) is 83.9 Å². The average molecular weight is 401 g/mol. The van der Waals surface area contributed by atoms with Gasteiger partial charge in [-0.2, -0.15) is 0 Å². The molecule has 1 amide bonds. The van der Waals surface area contributed by atoms with E-state index in [4.69, 9.17) is 0 Å². The van der Waals surface area contributed by atoms with Crippen molar-refractivity contribution in [3.63, 3.8) is 0 Å². The molecule has 0 bridgehead atoms. The maximum absolute atomic E-state index is 13.2. The second-order valence-corrected chi connectivity index (χ2v) is 7.60. The molecule has 5 heteroatoms. The van der Waals surface area contributed by atoms with Crippen LogP contribution in [0, 0.1) is 6.92 Å². The maximum atomic E-state index is 13.2. The van der Waals surface area contributed by atoms with Gasteiger partial charge in [0.05, 0.1) is 5.69 Å². The topological polar surface area (TPSA) is 50.6 Å². The van der Waals surface area contributed by atoms with E-state index in [0.717, 1.165) is 27.1 Å². The fourth-order valence-corrected chi connectivity index (χ4v) is 3.90. The first-order chi connectivity index (χ1) is 14.1. The minimum atomic E-state index is -0.649. The number of fused-ring (bicyclic) bond motifs is 1. The number of carbonyl (C=O) groups excluding carboxylic acids is 2. The van der Waals surface area contributed by atoms with Crippen LogP contribution in [0.4, 0.5) is 5.69 Å². The zero-order valence-electron chi connectivity index (χ0n) is 16.2. The Labute approximate surface area is 173 Å². The second-order valence-electron chi connectivity index (χ2n) is 6.75. The van der Waals surface area contributed by atoms with Crippen molar-refractivity contribution in [1.82, 2.24) is 4.40 Å². The Kier molecular flexibility index (Phi) is 5.23. The highest BCUT2D eigenvalue weighted by molar-refractivity contribution is 7.98. The molecule has 0 saturated carbocycles. The quantitative estimate of drug-likeness (QED) is 0.275. The van der Waals surface area contributed by atoms with Gasteiger partial charge in [-0.15, -0.1) is 11.8 Å². The fraction of sp³-hybridized carbons (Fsp3) is 0.0833. The van der Waals surface area contributed by atoms with Crippen LogP contribution in [0.1, 0.15) is 16.1 Å². The number of amides is 1. The number of aromatic nitrogens is 1. The number of thioether (sulfide) groups is 1. The van der Waals surface area contributed by atoms with Gasteiger partial charge in [0.15, 0.2) is 0 Å². The Balaban J connectivity index is 1.78. The van der Waals surface area contributed by atoms with E-state index in [1.165, 1.54) is 11.8 Å². The summed E-state index contributed by atoms with van der Waals surface area (Å²) in [6.45, 7) is 2.02. The molecule has 0 aliphatic heterocycles. The van der Waals surface area contributed by atoms with Crippen LogP contribution in [0.3, 0.4) is 0 Å². The number of nitrogens with zero attached hydrogens (tertiary/aromatic N) is 1. The molecule has 4 nitrogen and oxygen atoms in total. The normalized spacial score (nSPS) is 10.8. The van der Waals surface area contributed by atoms with Gasteiger partial charge in [-0.25, -0.2) is 0 Å². The van der Waals surface area contributed by atoms with Crippen molar-refractivity contribution in [3.8, 4) is 11.1 Å². The van der Waals surface area contributed by atoms with Crippen LogP contribution < -0.4 is 5.32 Å².